The smallest absolute Gasteiger partial charge is 0.120 e. The fourth-order valence-electron chi connectivity index (χ4n) is 3.22. The predicted molar refractivity (Wildman–Crippen MR) is 80.7 cm³/mol. The van der Waals surface area contributed by atoms with Gasteiger partial charge in [-0.1, -0.05) is 25.8 Å². The van der Waals surface area contributed by atoms with E-state index in [0.29, 0.717) is 12.6 Å². The molecule has 0 bridgehead atoms. The van der Waals surface area contributed by atoms with Crippen LogP contribution in [0.1, 0.15) is 38.2 Å². The van der Waals surface area contributed by atoms with Crippen LogP contribution in [0, 0.1) is 5.92 Å². The highest BCUT2D eigenvalue weighted by Crippen LogP contribution is 2.33. The third kappa shape index (κ3) is 3.03. The summed E-state index contributed by atoms with van der Waals surface area (Å²) in [4.78, 5) is 2.41. The van der Waals surface area contributed by atoms with E-state index in [2.05, 4.69) is 31.0 Å². The minimum Gasteiger partial charge on any atom is -0.497 e. The van der Waals surface area contributed by atoms with Gasteiger partial charge in [0.1, 0.15) is 5.75 Å². The van der Waals surface area contributed by atoms with Gasteiger partial charge >= 0.3 is 0 Å². The van der Waals surface area contributed by atoms with Gasteiger partial charge in [-0.05, 0) is 30.4 Å². The van der Waals surface area contributed by atoms with Crippen molar-refractivity contribution in [2.75, 3.05) is 19.1 Å². The van der Waals surface area contributed by atoms with Crippen molar-refractivity contribution in [1.82, 2.24) is 0 Å². The zero-order valence-corrected chi connectivity index (χ0v) is 12.4. The lowest BCUT2D eigenvalue weighted by Gasteiger charge is -2.38. The Kier molecular flexibility index (Phi) is 4.70. The molecule has 0 aromatic heterocycles. The number of hydrogen-bond donors (Lipinski definition) is 1. The third-order valence-electron chi connectivity index (χ3n) is 4.46. The first kappa shape index (κ1) is 14.2. The van der Waals surface area contributed by atoms with Gasteiger partial charge in [-0.25, -0.2) is 0 Å². The first-order valence-corrected chi connectivity index (χ1v) is 7.27. The molecule has 1 fully saturated rings. The van der Waals surface area contributed by atoms with Gasteiger partial charge in [0.05, 0.1) is 7.11 Å². The van der Waals surface area contributed by atoms with Gasteiger partial charge in [0.25, 0.3) is 0 Å². The molecule has 1 aliphatic rings. The highest BCUT2D eigenvalue weighted by Gasteiger charge is 2.26. The molecule has 0 amide bonds. The first-order valence-electron chi connectivity index (χ1n) is 7.27. The Morgan fingerprint density at radius 3 is 2.68 bits per heavy atom. The molecule has 0 heterocycles. The Labute approximate surface area is 116 Å². The predicted octanol–water partition coefficient (Wildman–Crippen LogP) is 3.17. The average molecular weight is 262 g/mol. The number of nitrogens with two attached hydrogens (primary N) is 1. The maximum absolute atomic E-state index is 5.88. The second kappa shape index (κ2) is 6.29. The second-order valence-corrected chi connectivity index (χ2v) is 5.64. The van der Waals surface area contributed by atoms with Crippen LogP contribution in [0.25, 0.3) is 0 Å². The van der Waals surface area contributed by atoms with Gasteiger partial charge in [-0.3, -0.25) is 0 Å². The van der Waals surface area contributed by atoms with Crippen LogP contribution in [0.15, 0.2) is 18.2 Å². The summed E-state index contributed by atoms with van der Waals surface area (Å²) in [6.45, 7) is 2.94. The van der Waals surface area contributed by atoms with Crippen molar-refractivity contribution in [2.24, 2.45) is 11.7 Å². The van der Waals surface area contributed by atoms with E-state index < -0.39 is 0 Å². The van der Waals surface area contributed by atoms with Gasteiger partial charge in [-0.15, -0.1) is 0 Å². The van der Waals surface area contributed by atoms with Crippen molar-refractivity contribution in [3.05, 3.63) is 23.8 Å². The summed E-state index contributed by atoms with van der Waals surface area (Å²) in [5.41, 5.74) is 8.29. The van der Waals surface area contributed by atoms with E-state index >= 15 is 0 Å². The van der Waals surface area contributed by atoms with E-state index in [1.807, 2.05) is 6.07 Å². The summed E-state index contributed by atoms with van der Waals surface area (Å²) in [6, 6.07) is 6.80. The largest absolute Gasteiger partial charge is 0.497 e. The Bertz CT molecular complexity index is 419. The average Bonchev–Trinajstić information content (AvgIpc) is 2.46. The zero-order valence-electron chi connectivity index (χ0n) is 12.4. The lowest BCUT2D eigenvalue weighted by molar-refractivity contribution is 0.321. The van der Waals surface area contributed by atoms with Gasteiger partial charge in [-0.2, -0.15) is 0 Å². The Morgan fingerprint density at radius 2 is 2.05 bits per heavy atom. The van der Waals surface area contributed by atoms with Crippen LogP contribution in [0.2, 0.25) is 0 Å². The van der Waals surface area contributed by atoms with Crippen molar-refractivity contribution in [3.8, 4) is 5.75 Å². The quantitative estimate of drug-likeness (QED) is 0.905. The summed E-state index contributed by atoms with van der Waals surface area (Å²) >= 11 is 0. The second-order valence-electron chi connectivity index (χ2n) is 5.64. The fourth-order valence-corrected chi connectivity index (χ4v) is 3.22. The fraction of sp³-hybridized carbons (Fsp3) is 0.625. The van der Waals surface area contributed by atoms with E-state index in [1.165, 1.54) is 36.9 Å². The minimum absolute atomic E-state index is 0.574. The summed E-state index contributed by atoms with van der Waals surface area (Å²) in [6.07, 6.45) is 5.31. The molecule has 19 heavy (non-hydrogen) atoms. The first-order chi connectivity index (χ1) is 9.17. The lowest BCUT2D eigenvalue weighted by atomic mass is 9.84. The molecule has 1 saturated carbocycles. The van der Waals surface area contributed by atoms with Crippen LogP contribution < -0.4 is 15.4 Å². The summed E-state index contributed by atoms with van der Waals surface area (Å²) in [7, 11) is 3.91. The van der Waals surface area contributed by atoms with E-state index in [4.69, 9.17) is 10.5 Å². The normalized spacial score (nSPS) is 23.2. The molecule has 0 aliphatic heterocycles. The monoisotopic (exact) mass is 262 g/mol. The Morgan fingerprint density at radius 1 is 1.32 bits per heavy atom. The number of benzene rings is 1. The molecule has 1 aromatic rings. The van der Waals surface area contributed by atoms with Gasteiger partial charge in [0.2, 0.25) is 0 Å². The van der Waals surface area contributed by atoms with Crippen LogP contribution in [0.5, 0.6) is 5.75 Å². The zero-order chi connectivity index (χ0) is 13.8. The van der Waals surface area contributed by atoms with Crippen molar-refractivity contribution in [1.29, 1.82) is 0 Å². The summed E-state index contributed by atoms with van der Waals surface area (Å²) in [5, 5.41) is 0. The highest BCUT2D eigenvalue weighted by molar-refractivity contribution is 5.57. The maximum atomic E-state index is 5.88. The van der Waals surface area contributed by atoms with Gasteiger partial charge in [0.15, 0.2) is 0 Å². The van der Waals surface area contributed by atoms with Crippen LogP contribution in [-0.2, 0) is 6.54 Å². The molecule has 1 aromatic carbocycles. The Hall–Kier alpha value is -1.22. The molecule has 3 heteroatoms. The molecular weight excluding hydrogens is 236 g/mol. The summed E-state index contributed by atoms with van der Waals surface area (Å²) in [5.74, 6) is 1.65. The van der Waals surface area contributed by atoms with Crippen LogP contribution >= 0.6 is 0 Å². The molecule has 2 unspecified atom stereocenters. The molecule has 1 aliphatic carbocycles. The molecule has 2 rings (SSSR count). The number of anilines is 1. The topological polar surface area (TPSA) is 38.5 Å². The van der Waals surface area contributed by atoms with Crippen LogP contribution in [-0.4, -0.2) is 20.2 Å². The third-order valence-corrected chi connectivity index (χ3v) is 4.46. The number of nitrogens with zero attached hydrogens (tertiary/aromatic N) is 1. The molecule has 0 spiro atoms. The number of ether oxygens (including phenoxy) is 1. The van der Waals surface area contributed by atoms with Crippen LogP contribution in [0.3, 0.4) is 0 Å². The van der Waals surface area contributed by atoms with Gasteiger partial charge < -0.3 is 15.4 Å². The van der Waals surface area contributed by atoms with E-state index in [1.54, 1.807) is 7.11 Å². The van der Waals surface area contributed by atoms with Crippen molar-refractivity contribution >= 4 is 5.69 Å². The van der Waals surface area contributed by atoms with E-state index in [0.717, 1.165) is 11.7 Å². The molecule has 3 nitrogen and oxygen atoms in total. The Balaban J connectivity index is 2.27. The van der Waals surface area contributed by atoms with E-state index in [9.17, 15) is 0 Å². The molecule has 2 atom stereocenters. The molecular formula is C16H26N2O. The molecule has 106 valence electrons. The lowest BCUT2D eigenvalue weighted by Crippen LogP contribution is -2.39. The molecule has 0 saturated heterocycles. The SMILES string of the molecule is COc1ccc(CN)c(N(C)C2CCCCC2C)c1. The van der Waals surface area contributed by atoms with Crippen molar-refractivity contribution < 1.29 is 4.74 Å². The molecule has 2 N–H and O–H groups in total. The molecule has 0 radical (unpaired) electrons. The maximum Gasteiger partial charge on any atom is 0.120 e. The van der Waals surface area contributed by atoms with Gasteiger partial charge in [0, 0.05) is 31.4 Å². The standard InChI is InChI=1S/C16H26N2O/c1-12-6-4-5-7-15(12)18(2)16-10-14(19-3)9-8-13(16)11-17/h8-10,12,15H,4-7,11,17H2,1-3H3. The number of methoxy groups -OCH3 is 1. The highest BCUT2D eigenvalue weighted by atomic mass is 16.5. The van der Waals surface area contributed by atoms with Crippen molar-refractivity contribution in [3.63, 3.8) is 0 Å². The minimum atomic E-state index is 0.574. The van der Waals surface area contributed by atoms with E-state index in [-0.39, 0.29) is 0 Å². The van der Waals surface area contributed by atoms with Crippen LogP contribution in [0.4, 0.5) is 5.69 Å². The van der Waals surface area contributed by atoms with Crippen molar-refractivity contribution in [2.45, 2.75) is 45.2 Å². The number of hydrogen-bond acceptors (Lipinski definition) is 3. The summed E-state index contributed by atoms with van der Waals surface area (Å²) < 4.78 is 5.35. The number of rotatable bonds is 4.